The van der Waals surface area contributed by atoms with Crippen LogP contribution in [0.15, 0.2) is 34.9 Å². The van der Waals surface area contributed by atoms with E-state index in [1.165, 1.54) is 0 Å². The predicted molar refractivity (Wildman–Crippen MR) is 78.5 cm³/mol. The van der Waals surface area contributed by atoms with Gasteiger partial charge in [-0.05, 0) is 45.4 Å². The second-order valence-corrected chi connectivity index (χ2v) is 5.23. The fourth-order valence-corrected chi connectivity index (χ4v) is 1.84. The Labute approximate surface area is 119 Å². The van der Waals surface area contributed by atoms with Gasteiger partial charge in [0.1, 0.15) is 12.0 Å². The molecule has 5 heteroatoms. The fourth-order valence-electron chi connectivity index (χ4n) is 1.84. The summed E-state index contributed by atoms with van der Waals surface area (Å²) < 4.78 is 5.49. The van der Waals surface area contributed by atoms with Crippen LogP contribution in [0.2, 0.25) is 0 Å². The number of benzene rings is 1. The number of aromatic hydroxyl groups is 1. The van der Waals surface area contributed by atoms with E-state index in [-0.39, 0.29) is 5.75 Å². The number of aromatic nitrogens is 1. The fraction of sp³-hybridized carbons (Fsp3) is 0.400. The molecule has 5 nitrogen and oxygen atoms in total. The lowest BCUT2D eigenvalue weighted by molar-refractivity contribution is 0.274. The van der Waals surface area contributed by atoms with E-state index in [2.05, 4.69) is 35.9 Å². The highest BCUT2D eigenvalue weighted by atomic mass is 16.3. The zero-order chi connectivity index (χ0) is 14.5. The monoisotopic (exact) mass is 275 g/mol. The van der Waals surface area contributed by atoms with E-state index in [1.807, 2.05) is 0 Å². The molecule has 108 valence electrons. The summed E-state index contributed by atoms with van der Waals surface area (Å²) in [6.07, 6.45) is 1.69. The molecule has 0 atom stereocenters. The van der Waals surface area contributed by atoms with Crippen LogP contribution in [-0.4, -0.2) is 54.1 Å². The molecular weight excluding hydrogens is 254 g/mol. The molecule has 1 N–H and O–H groups in total. The second-order valence-electron chi connectivity index (χ2n) is 5.23. The average molecular weight is 275 g/mol. The number of phenols is 1. The van der Waals surface area contributed by atoms with Gasteiger partial charge in [-0.3, -0.25) is 4.90 Å². The molecule has 1 aromatic carbocycles. The minimum atomic E-state index is 0.240. The van der Waals surface area contributed by atoms with Gasteiger partial charge in [0.2, 0.25) is 5.89 Å². The lowest BCUT2D eigenvalue weighted by Crippen LogP contribution is -2.28. The van der Waals surface area contributed by atoms with E-state index >= 15 is 0 Å². The van der Waals surface area contributed by atoms with E-state index in [1.54, 1.807) is 30.5 Å². The van der Waals surface area contributed by atoms with Crippen molar-refractivity contribution in [1.82, 2.24) is 14.8 Å². The Kier molecular flexibility index (Phi) is 4.76. The molecule has 0 fully saturated rings. The van der Waals surface area contributed by atoms with Crippen molar-refractivity contribution in [1.29, 1.82) is 0 Å². The summed E-state index contributed by atoms with van der Waals surface area (Å²) in [5.74, 6) is 0.824. The van der Waals surface area contributed by atoms with Crippen molar-refractivity contribution in [2.45, 2.75) is 6.54 Å². The Morgan fingerprint density at radius 2 is 1.80 bits per heavy atom. The third-order valence-corrected chi connectivity index (χ3v) is 3.03. The van der Waals surface area contributed by atoms with Gasteiger partial charge in [-0.1, -0.05) is 0 Å². The van der Waals surface area contributed by atoms with Crippen LogP contribution in [0.5, 0.6) is 5.75 Å². The van der Waals surface area contributed by atoms with Crippen molar-refractivity contribution in [3.63, 3.8) is 0 Å². The molecule has 0 saturated carbocycles. The van der Waals surface area contributed by atoms with Crippen LogP contribution in [0, 0.1) is 0 Å². The van der Waals surface area contributed by atoms with E-state index in [0.717, 1.165) is 30.9 Å². The maximum atomic E-state index is 9.27. The van der Waals surface area contributed by atoms with Crippen molar-refractivity contribution in [3.05, 3.63) is 36.2 Å². The van der Waals surface area contributed by atoms with E-state index in [4.69, 9.17) is 4.42 Å². The molecule has 0 amide bonds. The number of oxazole rings is 1. The number of nitrogens with zero attached hydrogens (tertiary/aromatic N) is 3. The maximum absolute atomic E-state index is 9.27. The first-order valence-electron chi connectivity index (χ1n) is 6.61. The molecule has 0 radical (unpaired) electrons. The van der Waals surface area contributed by atoms with Crippen LogP contribution in [0.4, 0.5) is 0 Å². The number of phenolic OH excluding ortho intramolecular Hbond substituents is 1. The van der Waals surface area contributed by atoms with Gasteiger partial charge < -0.3 is 14.4 Å². The van der Waals surface area contributed by atoms with E-state index < -0.39 is 0 Å². The SMILES string of the molecule is CN(C)CCN(C)Cc1coc(-c2ccc(O)cc2)n1. The zero-order valence-corrected chi connectivity index (χ0v) is 12.2. The van der Waals surface area contributed by atoms with Gasteiger partial charge in [0, 0.05) is 25.2 Å². The summed E-state index contributed by atoms with van der Waals surface area (Å²) in [7, 11) is 6.19. The molecular formula is C15H21N3O2. The lowest BCUT2D eigenvalue weighted by Gasteiger charge is -2.17. The molecule has 1 heterocycles. The molecule has 0 unspecified atom stereocenters. The first-order valence-corrected chi connectivity index (χ1v) is 6.61. The van der Waals surface area contributed by atoms with Gasteiger partial charge >= 0.3 is 0 Å². The lowest BCUT2D eigenvalue weighted by atomic mass is 10.2. The number of likely N-dealkylation sites (N-methyl/N-ethyl adjacent to an activating group) is 2. The van der Waals surface area contributed by atoms with Crippen LogP contribution >= 0.6 is 0 Å². The Bertz CT molecular complexity index is 534. The summed E-state index contributed by atoms with van der Waals surface area (Å²) in [5.41, 5.74) is 1.78. The van der Waals surface area contributed by atoms with Crippen LogP contribution in [-0.2, 0) is 6.54 Å². The first-order chi connectivity index (χ1) is 9.54. The maximum Gasteiger partial charge on any atom is 0.226 e. The number of hydrogen-bond acceptors (Lipinski definition) is 5. The highest BCUT2D eigenvalue weighted by molar-refractivity contribution is 5.54. The van der Waals surface area contributed by atoms with Gasteiger partial charge in [0.25, 0.3) is 0 Å². The normalized spacial score (nSPS) is 11.4. The second kappa shape index (κ2) is 6.54. The highest BCUT2D eigenvalue weighted by Gasteiger charge is 2.09. The number of rotatable bonds is 6. The van der Waals surface area contributed by atoms with Crippen LogP contribution in [0.1, 0.15) is 5.69 Å². The van der Waals surface area contributed by atoms with Crippen molar-refractivity contribution in [2.24, 2.45) is 0 Å². The molecule has 0 aliphatic heterocycles. The molecule has 0 saturated heterocycles. The Balaban J connectivity index is 1.96. The van der Waals surface area contributed by atoms with Crippen molar-refractivity contribution in [2.75, 3.05) is 34.2 Å². The third kappa shape index (κ3) is 4.08. The minimum Gasteiger partial charge on any atom is -0.508 e. The standard InChI is InChI=1S/C15H21N3O2/c1-17(2)8-9-18(3)10-13-11-20-15(16-13)12-4-6-14(19)7-5-12/h4-7,11,19H,8-10H2,1-3H3. The van der Waals surface area contributed by atoms with Crippen molar-refractivity contribution < 1.29 is 9.52 Å². The Morgan fingerprint density at radius 1 is 1.10 bits per heavy atom. The summed E-state index contributed by atoms with van der Waals surface area (Å²) in [5, 5.41) is 9.27. The topological polar surface area (TPSA) is 52.7 Å². The molecule has 2 rings (SSSR count). The van der Waals surface area contributed by atoms with Crippen molar-refractivity contribution in [3.8, 4) is 17.2 Å². The molecule has 20 heavy (non-hydrogen) atoms. The largest absolute Gasteiger partial charge is 0.508 e. The van der Waals surface area contributed by atoms with Crippen LogP contribution < -0.4 is 0 Å². The number of hydrogen-bond donors (Lipinski definition) is 1. The van der Waals surface area contributed by atoms with Gasteiger partial charge in [0.15, 0.2) is 0 Å². The molecule has 1 aromatic heterocycles. The predicted octanol–water partition coefficient (Wildman–Crippen LogP) is 2.04. The first kappa shape index (κ1) is 14.6. The average Bonchev–Trinajstić information content (AvgIpc) is 2.85. The van der Waals surface area contributed by atoms with Gasteiger partial charge in [-0.15, -0.1) is 0 Å². The van der Waals surface area contributed by atoms with Gasteiger partial charge in [0.05, 0.1) is 5.69 Å². The van der Waals surface area contributed by atoms with E-state index in [9.17, 15) is 5.11 Å². The summed E-state index contributed by atoms with van der Waals surface area (Å²) >= 11 is 0. The van der Waals surface area contributed by atoms with Crippen LogP contribution in [0.3, 0.4) is 0 Å². The molecule has 0 bridgehead atoms. The van der Waals surface area contributed by atoms with Gasteiger partial charge in [-0.2, -0.15) is 0 Å². The Morgan fingerprint density at radius 3 is 2.45 bits per heavy atom. The van der Waals surface area contributed by atoms with Crippen molar-refractivity contribution >= 4 is 0 Å². The summed E-state index contributed by atoms with van der Waals surface area (Å²) in [6.45, 7) is 2.75. The molecule has 0 aliphatic carbocycles. The molecule has 0 spiro atoms. The smallest absolute Gasteiger partial charge is 0.226 e. The summed E-state index contributed by atoms with van der Waals surface area (Å²) in [6, 6.07) is 6.84. The highest BCUT2D eigenvalue weighted by Crippen LogP contribution is 2.21. The molecule has 2 aromatic rings. The Hall–Kier alpha value is -1.85. The molecule has 0 aliphatic rings. The quantitative estimate of drug-likeness (QED) is 0.874. The van der Waals surface area contributed by atoms with E-state index in [0.29, 0.717) is 5.89 Å². The summed E-state index contributed by atoms with van der Waals surface area (Å²) in [4.78, 5) is 8.83. The third-order valence-electron chi connectivity index (χ3n) is 3.03. The van der Waals surface area contributed by atoms with Crippen LogP contribution in [0.25, 0.3) is 11.5 Å². The minimum absolute atomic E-state index is 0.240. The van der Waals surface area contributed by atoms with Gasteiger partial charge in [-0.25, -0.2) is 4.98 Å². The zero-order valence-electron chi connectivity index (χ0n) is 12.2.